The van der Waals surface area contributed by atoms with Gasteiger partial charge in [0.15, 0.2) is 0 Å². The smallest absolute Gasteiger partial charge is 0.407 e. The first-order chi connectivity index (χ1) is 12.6. The Morgan fingerprint density at radius 2 is 2.07 bits per heavy atom. The van der Waals surface area contributed by atoms with Gasteiger partial charge in [-0.1, -0.05) is 26.0 Å². The molecule has 0 bridgehead atoms. The summed E-state index contributed by atoms with van der Waals surface area (Å²) in [5, 5.41) is 15.8. The van der Waals surface area contributed by atoms with Crippen LogP contribution in [0.25, 0.3) is 0 Å². The minimum Gasteiger partial charge on any atom is -0.444 e. The summed E-state index contributed by atoms with van der Waals surface area (Å²) in [6.45, 7) is 10.4. The van der Waals surface area contributed by atoms with E-state index in [1.165, 1.54) is 5.56 Å². The number of anilines is 1. The number of benzene rings is 1. The molecule has 3 rings (SSSR count). The molecule has 2 aliphatic rings. The predicted molar refractivity (Wildman–Crippen MR) is 107 cm³/mol. The van der Waals surface area contributed by atoms with E-state index >= 15 is 0 Å². The second kappa shape index (κ2) is 6.92. The van der Waals surface area contributed by atoms with Crippen LogP contribution in [0.2, 0.25) is 0 Å². The van der Waals surface area contributed by atoms with Crippen molar-refractivity contribution in [1.82, 2.24) is 5.32 Å². The maximum absolute atomic E-state index is 12.1. The number of allylic oxidation sites excluding steroid dienone is 1. The lowest BCUT2D eigenvalue weighted by Crippen LogP contribution is -2.51. The molecule has 1 aliphatic carbocycles. The van der Waals surface area contributed by atoms with Gasteiger partial charge in [0.05, 0.1) is 11.6 Å². The summed E-state index contributed by atoms with van der Waals surface area (Å²) in [5.74, 6) is 0.710. The first-order valence-corrected chi connectivity index (χ1v) is 9.55. The molecular weight excluding hydrogens is 338 g/mol. The Bertz CT molecular complexity index is 799. The van der Waals surface area contributed by atoms with E-state index in [4.69, 9.17) is 4.74 Å². The predicted octanol–water partition coefficient (Wildman–Crippen LogP) is 4.56. The quantitative estimate of drug-likeness (QED) is 0.768. The molecule has 1 aromatic rings. The lowest BCUT2D eigenvalue weighted by atomic mass is 9.69. The molecule has 0 saturated carbocycles. The lowest BCUT2D eigenvalue weighted by molar-refractivity contribution is 0.0497. The number of hydrogen-bond donors (Lipinski definition) is 2. The Hall–Kier alpha value is -2.48. The van der Waals surface area contributed by atoms with E-state index in [0.717, 1.165) is 12.1 Å². The Morgan fingerprint density at radius 1 is 1.33 bits per heavy atom. The highest BCUT2D eigenvalue weighted by Crippen LogP contribution is 2.48. The molecule has 1 amide bonds. The second-order valence-corrected chi connectivity index (χ2v) is 9.23. The van der Waals surface area contributed by atoms with Crippen molar-refractivity contribution in [2.75, 3.05) is 11.9 Å². The molecule has 0 fully saturated rings. The number of hydrogen-bond acceptors (Lipinski definition) is 4. The SMILES string of the molecule is CC(C)(C)OC(=O)NCC(C)(C)[C@H]1Nc2ccc(C#N)cc2[C@H]2CC=C[C@H]21. The van der Waals surface area contributed by atoms with Gasteiger partial charge >= 0.3 is 6.09 Å². The van der Waals surface area contributed by atoms with E-state index in [-0.39, 0.29) is 17.6 Å². The maximum atomic E-state index is 12.1. The van der Waals surface area contributed by atoms with E-state index in [1.807, 2.05) is 39.0 Å². The number of rotatable bonds is 3. The maximum Gasteiger partial charge on any atom is 0.407 e. The van der Waals surface area contributed by atoms with Crippen molar-refractivity contribution in [2.24, 2.45) is 11.3 Å². The van der Waals surface area contributed by atoms with Crippen molar-refractivity contribution in [3.63, 3.8) is 0 Å². The second-order valence-electron chi connectivity index (χ2n) is 9.23. The minimum absolute atomic E-state index is 0.177. The van der Waals surface area contributed by atoms with Gasteiger partial charge in [0.2, 0.25) is 0 Å². The fourth-order valence-electron chi connectivity index (χ4n) is 4.13. The van der Waals surface area contributed by atoms with Crippen LogP contribution in [0.5, 0.6) is 0 Å². The fourth-order valence-corrected chi connectivity index (χ4v) is 4.13. The molecule has 1 aromatic carbocycles. The number of carbonyl (C=O) groups excluding carboxylic acids is 1. The Labute approximate surface area is 161 Å². The summed E-state index contributed by atoms with van der Waals surface area (Å²) < 4.78 is 5.37. The molecule has 0 aromatic heterocycles. The van der Waals surface area contributed by atoms with Crippen LogP contribution in [-0.2, 0) is 4.74 Å². The van der Waals surface area contributed by atoms with Crippen LogP contribution in [-0.4, -0.2) is 24.3 Å². The number of ether oxygens (including phenoxy) is 1. The average Bonchev–Trinajstić information content (AvgIpc) is 3.07. The van der Waals surface area contributed by atoms with E-state index in [1.54, 1.807) is 0 Å². The van der Waals surface area contributed by atoms with Crippen LogP contribution in [0, 0.1) is 22.7 Å². The van der Waals surface area contributed by atoms with E-state index in [2.05, 4.69) is 42.7 Å². The first kappa shape index (κ1) is 19.3. The van der Waals surface area contributed by atoms with Gasteiger partial charge < -0.3 is 15.4 Å². The van der Waals surface area contributed by atoms with Crippen molar-refractivity contribution in [2.45, 2.75) is 58.6 Å². The standard InChI is InChI=1S/C22H29N3O2/c1-21(2,3)27-20(26)24-13-22(4,5)19-16-8-6-7-15(16)17-11-14(12-23)9-10-18(17)25-19/h6,8-11,15-16,19,25H,7,13H2,1-5H3,(H,24,26)/t15-,16+,19-/m0/s1. The van der Waals surface area contributed by atoms with E-state index in [0.29, 0.717) is 23.9 Å². The molecule has 5 nitrogen and oxygen atoms in total. The van der Waals surface area contributed by atoms with E-state index < -0.39 is 5.60 Å². The normalized spacial score (nSPS) is 23.6. The molecule has 0 radical (unpaired) electrons. The van der Waals surface area contributed by atoms with Crippen molar-refractivity contribution in [3.05, 3.63) is 41.5 Å². The van der Waals surface area contributed by atoms with Crippen LogP contribution in [0.3, 0.4) is 0 Å². The van der Waals surface area contributed by atoms with Crippen molar-refractivity contribution < 1.29 is 9.53 Å². The number of fused-ring (bicyclic) bond motifs is 3. The third-order valence-corrected chi connectivity index (χ3v) is 5.42. The monoisotopic (exact) mass is 367 g/mol. The number of alkyl carbamates (subject to hydrolysis) is 1. The van der Waals surface area contributed by atoms with Crippen LogP contribution < -0.4 is 10.6 Å². The molecule has 1 aliphatic heterocycles. The van der Waals surface area contributed by atoms with Crippen LogP contribution in [0.15, 0.2) is 30.4 Å². The summed E-state index contributed by atoms with van der Waals surface area (Å²) >= 11 is 0. The molecular formula is C22H29N3O2. The molecule has 0 unspecified atom stereocenters. The highest BCUT2D eigenvalue weighted by Gasteiger charge is 2.44. The molecule has 144 valence electrons. The van der Waals surface area contributed by atoms with Crippen molar-refractivity contribution in [1.29, 1.82) is 5.26 Å². The molecule has 3 atom stereocenters. The third-order valence-electron chi connectivity index (χ3n) is 5.42. The summed E-state index contributed by atoms with van der Waals surface area (Å²) in [4.78, 5) is 12.1. The number of nitrogens with zero attached hydrogens (tertiary/aromatic N) is 1. The number of nitrogens with one attached hydrogen (secondary N) is 2. The lowest BCUT2D eigenvalue weighted by Gasteiger charge is -2.45. The summed E-state index contributed by atoms with van der Waals surface area (Å²) in [6, 6.07) is 8.29. The summed E-state index contributed by atoms with van der Waals surface area (Å²) in [7, 11) is 0. The molecule has 27 heavy (non-hydrogen) atoms. The highest BCUT2D eigenvalue weighted by atomic mass is 16.6. The van der Waals surface area contributed by atoms with E-state index in [9.17, 15) is 10.1 Å². The number of amides is 1. The third kappa shape index (κ3) is 4.10. The van der Waals surface area contributed by atoms with Gasteiger partial charge in [0.1, 0.15) is 5.60 Å². The highest BCUT2D eigenvalue weighted by molar-refractivity contribution is 5.68. The molecule has 0 spiro atoms. The average molecular weight is 367 g/mol. The van der Waals surface area contributed by atoms with Crippen molar-refractivity contribution >= 4 is 11.8 Å². The Balaban J connectivity index is 1.78. The fraction of sp³-hybridized carbons (Fsp3) is 0.545. The van der Waals surface area contributed by atoms with Gasteiger partial charge in [-0.15, -0.1) is 0 Å². The molecule has 1 heterocycles. The molecule has 2 N–H and O–H groups in total. The van der Waals surface area contributed by atoms with Gasteiger partial charge in [0, 0.05) is 29.6 Å². The minimum atomic E-state index is -0.506. The molecule has 0 saturated heterocycles. The zero-order valence-electron chi connectivity index (χ0n) is 16.8. The van der Waals surface area contributed by atoms with Crippen LogP contribution in [0.4, 0.5) is 10.5 Å². The summed E-state index contributed by atoms with van der Waals surface area (Å²) in [6.07, 6.45) is 5.11. The van der Waals surface area contributed by atoms with Gasteiger partial charge in [-0.05, 0) is 56.9 Å². The van der Waals surface area contributed by atoms with Gasteiger partial charge in [-0.3, -0.25) is 0 Å². The van der Waals surface area contributed by atoms with Gasteiger partial charge in [-0.25, -0.2) is 4.79 Å². The van der Waals surface area contributed by atoms with Gasteiger partial charge in [0.25, 0.3) is 0 Å². The number of nitriles is 1. The zero-order valence-corrected chi connectivity index (χ0v) is 16.8. The van der Waals surface area contributed by atoms with Crippen LogP contribution >= 0.6 is 0 Å². The molecule has 5 heteroatoms. The van der Waals surface area contributed by atoms with Gasteiger partial charge in [-0.2, -0.15) is 5.26 Å². The summed E-state index contributed by atoms with van der Waals surface area (Å²) in [5.41, 5.74) is 2.32. The topological polar surface area (TPSA) is 74.2 Å². The number of carbonyl (C=O) groups is 1. The van der Waals surface area contributed by atoms with Crippen LogP contribution in [0.1, 0.15) is 58.1 Å². The first-order valence-electron chi connectivity index (χ1n) is 9.55. The largest absolute Gasteiger partial charge is 0.444 e. The Kier molecular flexibility index (Phi) is 4.94. The Morgan fingerprint density at radius 3 is 2.74 bits per heavy atom. The zero-order chi connectivity index (χ0) is 19.8. The van der Waals surface area contributed by atoms with Crippen molar-refractivity contribution in [3.8, 4) is 6.07 Å².